The summed E-state index contributed by atoms with van der Waals surface area (Å²) in [5.74, 6) is 0.351. The molecular formula is C13H12O. The molecule has 0 spiro atoms. The first kappa shape index (κ1) is 8.82. The molecule has 0 aliphatic carbocycles. The number of hydrogen-bond acceptors (Lipinski definition) is 1. The molecule has 1 aliphatic rings. The number of allylic oxidation sites excluding steroid dienone is 3. The topological polar surface area (TPSA) is 9.23 Å². The predicted octanol–water partition coefficient (Wildman–Crippen LogP) is 3.37. The van der Waals surface area contributed by atoms with Gasteiger partial charge in [-0.3, -0.25) is 0 Å². The monoisotopic (exact) mass is 184 g/mol. The van der Waals surface area contributed by atoms with Gasteiger partial charge in [0.25, 0.3) is 0 Å². The van der Waals surface area contributed by atoms with Crippen molar-refractivity contribution >= 4 is 6.08 Å². The normalized spacial score (nSPS) is 16.0. The third-order valence-electron chi connectivity index (χ3n) is 2.07. The van der Waals surface area contributed by atoms with E-state index in [1.165, 1.54) is 5.56 Å². The van der Waals surface area contributed by atoms with Gasteiger partial charge in [0.05, 0.1) is 12.5 Å². The quantitative estimate of drug-likeness (QED) is 0.684. The first-order valence-corrected chi connectivity index (χ1v) is 4.67. The van der Waals surface area contributed by atoms with Crippen molar-refractivity contribution in [2.75, 3.05) is 0 Å². The van der Waals surface area contributed by atoms with Crippen LogP contribution >= 0.6 is 0 Å². The van der Waals surface area contributed by atoms with Crippen molar-refractivity contribution in [3.05, 3.63) is 66.6 Å². The van der Waals surface area contributed by atoms with E-state index in [0.29, 0.717) is 5.92 Å². The maximum atomic E-state index is 4.96. The number of benzene rings is 1. The molecule has 0 atom stereocenters. The maximum absolute atomic E-state index is 4.96. The first-order chi connectivity index (χ1) is 6.95. The Morgan fingerprint density at radius 2 is 1.71 bits per heavy atom. The van der Waals surface area contributed by atoms with Crippen molar-refractivity contribution in [1.82, 2.24) is 0 Å². The fourth-order valence-electron chi connectivity index (χ4n) is 1.30. The molecule has 0 radical (unpaired) electrons. The zero-order valence-electron chi connectivity index (χ0n) is 7.84. The van der Waals surface area contributed by atoms with E-state index in [1.807, 2.05) is 30.4 Å². The highest BCUT2D eigenvalue weighted by Gasteiger charge is 1.97. The fourth-order valence-corrected chi connectivity index (χ4v) is 1.30. The van der Waals surface area contributed by atoms with Crippen LogP contribution < -0.4 is 0 Å². The highest BCUT2D eigenvalue weighted by Crippen LogP contribution is 2.11. The standard InChI is InChI=1S/C13H12O/c1-2-4-12(5-3-1)6-7-13-8-10-14-11-9-13/h1-11,13H/b7-6+. The summed E-state index contributed by atoms with van der Waals surface area (Å²) in [7, 11) is 0. The molecule has 1 heteroatoms. The second-order valence-corrected chi connectivity index (χ2v) is 3.14. The Labute approximate surface area is 84.0 Å². The Bertz CT molecular complexity index is 348. The van der Waals surface area contributed by atoms with Crippen molar-refractivity contribution in [3.63, 3.8) is 0 Å². The average Bonchev–Trinajstić information content (AvgIpc) is 2.29. The van der Waals surface area contributed by atoms with Crippen LogP contribution in [0.4, 0.5) is 0 Å². The van der Waals surface area contributed by atoms with E-state index in [1.54, 1.807) is 12.5 Å². The molecule has 1 nitrogen and oxygen atoms in total. The molecular weight excluding hydrogens is 172 g/mol. The van der Waals surface area contributed by atoms with Gasteiger partial charge in [-0.05, 0) is 17.7 Å². The van der Waals surface area contributed by atoms with Crippen molar-refractivity contribution in [1.29, 1.82) is 0 Å². The second-order valence-electron chi connectivity index (χ2n) is 3.14. The number of ether oxygens (including phenoxy) is 1. The summed E-state index contributed by atoms with van der Waals surface area (Å²) in [6.07, 6.45) is 11.7. The van der Waals surface area contributed by atoms with Crippen LogP contribution in [0.3, 0.4) is 0 Å². The number of hydrogen-bond donors (Lipinski definition) is 0. The van der Waals surface area contributed by atoms with Gasteiger partial charge in [-0.1, -0.05) is 42.5 Å². The van der Waals surface area contributed by atoms with Crippen molar-refractivity contribution < 1.29 is 4.74 Å². The lowest BCUT2D eigenvalue weighted by atomic mass is 10.1. The SMILES string of the molecule is C1=CC(/C=C/c2ccccc2)C=CO1. The molecule has 70 valence electrons. The third kappa shape index (κ3) is 2.36. The van der Waals surface area contributed by atoms with E-state index in [9.17, 15) is 0 Å². The minimum Gasteiger partial charge on any atom is -0.473 e. The molecule has 1 aromatic rings. The van der Waals surface area contributed by atoms with Gasteiger partial charge in [0.2, 0.25) is 0 Å². The van der Waals surface area contributed by atoms with Crippen LogP contribution in [0.5, 0.6) is 0 Å². The van der Waals surface area contributed by atoms with Crippen LogP contribution in [-0.2, 0) is 4.74 Å². The van der Waals surface area contributed by atoms with Crippen LogP contribution in [-0.4, -0.2) is 0 Å². The average molecular weight is 184 g/mol. The van der Waals surface area contributed by atoms with E-state index < -0.39 is 0 Å². The minimum atomic E-state index is 0.351. The summed E-state index contributed by atoms with van der Waals surface area (Å²) in [4.78, 5) is 0. The molecule has 14 heavy (non-hydrogen) atoms. The molecule has 2 rings (SSSR count). The summed E-state index contributed by atoms with van der Waals surface area (Å²) in [6, 6.07) is 10.3. The van der Waals surface area contributed by atoms with Gasteiger partial charge in [0.15, 0.2) is 0 Å². The van der Waals surface area contributed by atoms with E-state index in [-0.39, 0.29) is 0 Å². The first-order valence-electron chi connectivity index (χ1n) is 4.67. The molecule has 0 aromatic heterocycles. The van der Waals surface area contributed by atoms with E-state index in [0.717, 1.165) is 0 Å². The lowest BCUT2D eigenvalue weighted by molar-refractivity contribution is 0.388. The second kappa shape index (κ2) is 4.47. The molecule has 0 saturated carbocycles. The van der Waals surface area contributed by atoms with E-state index in [4.69, 9.17) is 4.74 Å². The van der Waals surface area contributed by atoms with E-state index >= 15 is 0 Å². The van der Waals surface area contributed by atoms with Gasteiger partial charge in [-0.15, -0.1) is 0 Å². The molecule has 1 heterocycles. The van der Waals surface area contributed by atoms with Crippen molar-refractivity contribution in [2.45, 2.75) is 0 Å². The Hall–Kier alpha value is -1.76. The summed E-state index contributed by atoms with van der Waals surface area (Å²) >= 11 is 0. The fraction of sp³-hybridized carbons (Fsp3) is 0.0769. The van der Waals surface area contributed by atoms with Gasteiger partial charge in [0, 0.05) is 5.92 Å². The molecule has 0 amide bonds. The highest BCUT2D eigenvalue weighted by molar-refractivity contribution is 5.49. The van der Waals surface area contributed by atoms with Crippen LogP contribution in [0.15, 0.2) is 61.1 Å². The van der Waals surface area contributed by atoms with Crippen LogP contribution in [0.25, 0.3) is 6.08 Å². The summed E-state index contributed by atoms with van der Waals surface area (Å²) in [6.45, 7) is 0. The van der Waals surface area contributed by atoms with Gasteiger partial charge in [0.1, 0.15) is 0 Å². The molecule has 1 aliphatic heterocycles. The summed E-state index contributed by atoms with van der Waals surface area (Å²) < 4.78 is 4.96. The molecule has 0 N–H and O–H groups in total. The largest absolute Gasteiger partial charge is 0.473 e. The Morgan fingerprint density at radius 3 is 2.43 bits per heavy atom. The molecule has 0 saturated heterocycles. The summed E-state index contributed by atoms with van der Waals surface area (Å²) in [5, 5.41) is 0. The molecule has 1 aromatic carbocycles. The predicted molar refractivity (Wildman–Crippen MR) is 58.3 cm³/mol. The van der Waals surface area contributed by atoms with E-state index in [2.05, 4.69) is 24.3 Å². The van der Waals surface area contributed by atoms with Crippen LogP contribution in [0.1, 0.15) is 5.56 Å². The Balaban J connectivity index is 2.03. The van der Waals surface area contributed by atoms with Gasteiger partial charge >= 0.3 is 0 Å². The lowest BCUT2D eigenvalue weighted by Gasteiger charge is -2.04. The zero-order valence-corrected chi connectivity index (χ0v) is 7.84. The highest BCUT2D eigenvalue weighted by atomic mass is 16.5. The zero-order chi connectivity index (χ0) is 9.64. The van der Waals surface area contributed by atoms with Gasteiger partial charge in [-0.2, -0.15) is 0 Å². The maximum Gasteiger partial charge on any atom is 0.0870 e. The lowest BCUT2D eigenvalue weighted by Crippen LogP contribution is -1.90. The minimum absolute atomic E-state index is 0.351. The summed E-state index contributed by atoms with van der Waals surface area (Å²) in [5.41, 5.74) is 1.22. The number of rotatable bonds is 2. The van der Waals surface area contributed by atoms with Gasteiger partial charge in [-0.25, -0.2) is 0 Å². The van der Waals surface area contributed by atoms with Crippen molar-refractivity contribution in [2.24, 2.45) is 5.92 Å². The van der Waals surface area contributed by atoms with Crippen LogP contribution in [0.2, 0.25) is 0 Å². The smallest absolute Gasteiger partial charge is 0.0870 e. The molecule has 0 bridgehead atoms. The van der Waals surface area contributed by atoms with Crippen LogP contribution in [0, 0.1) is 5.92 Å². The Kier molecular flexibility index (Phi) is 2.82. The third-order valence-corrected chi connectivity index (χ3v) is 2.07. The molecule has 0 fully saturated rings. The van der Waals surface area contributed by atoms with Crippen molar-refractivity contribution in [3.8, 4) is 0 Å². The van der Waals surface area contributed by atoms with Gasteiger partial charge < -0.3 is 4.74 Å². The molecule has 0 unspecified atom stereocenters. The Morgan fingerprint density at radius 1 is 1.00 bits per heavy atom.